The molecule has 0 aromatic heterocycles. The number of ketones is 1. The van der Waals surface area contributed by atoms with E-state index in [0.717, 1.165) is 10.8 Å². The fourth-order valence-electron chi connectivity index (χ4n) is 2.37. The zero-order chi connectivity index (χ0) is 17.4. The lowest BCUT2D eigenvalue weighted by molar-refractivity contribution is -0.138. The Morgan fingerprint density at radius 1 is 1.08 bits per heavy atom. The smallest absolute Gasteiger partial charge is 0.318 e. The standard InChI is InChI=1S/C21H22O3/c1-3-5-6-11-19(4-2)24-21(23)15-20(22)18-13-12-16-9-7-8-10-17(16)14-18/h3,5,7-14H,4,6,15H2,1-2H3/b5-3+,19-11+. The summed E-state index contributed by atoms with van der Waals surface area (Å²) in [5, 5.41) is 2.05. The molecule has 0 aliphatic carbocycles. The first kappa shape index (κ1) is 17.7. The van der Waals surface area contributed by atoms with Crippen LogP contribution in [-0.2, 0) is 9.53 Å². The van der Waals surface area contributed by atoms with Gasteiger partial charge in [0.2, 0.25) is 0 Å². The number of carbonyl (C=O) groups is 2. The van der Waals surface area contributed by atoms with Crippen LogP contribution in [0, 0.1) is 0 Å². The van der Waals surface area contributed by atoms with E-state index in [0.29, 0.717) is 24.2 Å². The third-order valence-corrected chi connectivity index (χ3v) is 3.69. The van der Waals surface area contributed by atoms with Gasteiger partial charge in [-0.3, -0.25) is 9.59 Å². The van der Waals surface area contributed by atoms with Gasteiger partial charge in [-0.25, -0.2) is 0 Å². The predicted molar refractivity (Wildman–Crippen MR) is 96.8 cm³/mol. The second-order valence-corrected chi connectivity index (χ2v) is 5.46. The average Bonchev–Trinajstić information content (AvgIpc) is 2.60. The fraction of sp³-hybridized carbons (Fsp3) is 0.238. The van der Waals surface area contributed by atoms with Gasteiger partial charge in [0.25, 0.3) is 0 Å². The maximum absolute atomic E-state index is 12.3. The van der Waals surface area contributed by atoms with Crippen LogP contribution >= 0.6 is 0 Å². The summed E-state index contributed by atoms with van der Waals surface area (Å²) >= 11 is 0. The number of esters is 1. The number of benzene rings is 2. The first-order valence-corrected chi connectivity index (χ1v) is 8.17. The predicted octanol–water partition coefficient (Wildman–Crippen LogP) is 5.22. The van der Waals surface area contributed by atoms with E-state index in [1.54, 1.807) is 6.07 Å². The zero-order valence-electron chi connectivity index (χ0n) is 14.1. The molecule has 0 saturated heterocycles. The number of hydrogen-bond donors (Lipinski definition) is 0. The number of fused-ring (bicyclic) bond motifs is 1. The SMILES string of the molecule is C/C=C/C/C=C(\CC)OC(=O)CC(=O)c1ccc2ccccc2c1. The Morgan fingerprint density at radius 3 is 2.54 bits per heavy atom. The summed E-state index contributed by atoms with van der Waals surface area (Å²) < 4.78 is 5.29. The van der Waals surface area contributed by atoms with Gasteiger partial charge in [0.15, 0.2) is 5.78 Å². The summed E-state index contributed by atoms with van der Waals surface area (Å²) in [6, 6.07) is 13.3. The number of hydrogen-bond acceptors (Lipinski definition) is 3. The lowest BCUT2D eigenvalue weighted by Gasteiger charge is -2.07. The van der Waals surface area contributed by atoms with Crippen molar-refractivity contribution in [1.29, 1.82) is 0 Å². The Kier molecular flexibility index (Phi) is 6.50. The van der Waals surface area contributed by atoms with Gasteiger partial charge >= 0.3 is 5.97 Å². The number of ether oxygens (including phenoxy) is 1. The van der Waals surface area contributed by atoms with E-state index < -0.39 is 5.97 Å². The van der Waals surface area contributed by atoms with Crippen molar-refractivity contribution < 1.29 is 14.3 Å². The molecular formula is C21H22O3. The van der Waals surface area contributed by atoms with Crippen molar-refractivity contribution in [2.24, 2.45) is 0 Å². The highest BCUT2D eigenvalue weighted by Gasteiger charge is 2.14. The van der Waals surface area contributed by atoms with Crippen molar-refractivity contribution in [3.05, 3.63) is 72.0 Å². The van der Waals surface area contributed by atoms with Crippen molar-refractivity contribution in [3.63, 3.8) is 0 Å². The van der Waals surface area contributed by atoms with Crippen LogP contribution in [0.2, 0.25) is 0 Å². The molecule has 0 unspecified atom stereocenters. The Labute approximate surface area is 142 Å². The Balaban J connectivity index is 2.01. The summed E-state index contributed by atoms with van der Waals surface area (Å²) in [4.78, 5) is 24.3. The Morgan fingerprint density at radius 2 is 1.83 bits per heavy atom. The molecule has 0 radical (unpaired) electrons. The molecule has 0 fully saturated rings. The Hall–Kier alpha value is -2.68. The molecule has 24 heavy (non-hydrogen) atoms. The lowest BCUT2D eigenvalue weighted by Crippen LogP contribution is -2.11. The highest BCUT2D eigenvalue weighted by Crippen LogP contribution is 2.17. The molecule has 124 valence electrons. The molecule has 2 rings (SSSR count). The molecular weight excluding hydrogens is 300 g/mol. The first-order valence-electron chi connectivity index (χ1n) is 8.17. The van der Waals surface area contributed by atoms with Crippen LogP contribution in [0.5, 0.6) is 0 Å². The maximum Gasteiger partial charge on any atom is 0.318 e. The largest absolute Gasteiger partial charge is 0.431 e. The van der Waals surface area contributed by atoms with E-state index >= 15 is 0 Å². The quantitative estimate of drug-likeness (QED) is 0.231. The Bertz CT molecular complexity index is 785. The van der Waals surface area contributed by atoms with Crippen molar-refractivity contribution in [1.82, 2.24) is 0 Å². The molecule has 2 aromatic rings. The van der Waals surface area contributed by atoms with Crippen LogP contribution in [0.25, 0.3) is 10.8 Å². The summed E-state index contributed by atoms with van der Waals surface area (Å²) in [7, 11) is 0. The minimum Gasteiger partial charge on any atom is -0.431 e. The molecule has 0 amide bonds. The van der Waals surface area contributed by atoms with Crippen LogP contribution in [0.15, 0.2) is 66.5 Å². The normalized spacial score (nSPS) is 11.8. The highest BCUT2D eigenvalue weighted by atomic mass is 16.5. The number of allylic oxidation sites excluding steroid dienone is 4. The molecule has 0 spiro atoms. The van der Waals surface area contributed by atoms with Gasteiger partial charge in [-0.1, -0.05) is 55.5 Å². The fourth-order valence-corrected chi connectivity index (χ4v) is 2.37. The van der Waals surface area contributed by atoms with Crippen LogP contribution in [0.3, 0.4) is 0 Å². The van der Waals surface area contributed by atoms with E-state index in [1.165, 1.54) is 0 Å². The molecule has 0 N–H and O–H groups in total. The molecule has 3 nitrogen and oxygen atoms in total. The van der Waals surface area contributed by atoms with Crippen LogP contribution in [0.1, 0.15) is 43.5 Å². The molecule has 0 aliphatic rings. The van der Waals surface area contributed by atoms with Crippen molar-refractivity contribution in [2.75, 3.05) is 0 Å². The minimum atomic E-state index is -0.512. The second-order valence-electron chi connectivity index (χ2n) is 5.46. The summed E-state index contributed by atoms with van der Waals surface area (Å²) in [5.74, 6) is -0.138. The van der Waals surface area contributed by atoms with E-state index in [-0.39, 0.29) is 12.2 Å². The van der Waals surface area contributed by atoms with Gasteiger partial charge in [-0.05, 0) is 36.3 Å². The highest BCUT2D eigenvalue weighted by molar-refractivity contribution is 6.07. The third kappa shape index (κ3) is 4.92. The lowest BCUT2D eigenvalue weighted by atomic mass is 10.0. The molecule has 2 aromatic carbocycles. The van der Waals surface area contributed by atoms with Crippen molar-refractivity contribution >= 4 is 22.5 Å². The van der Waals surface area contributed by atoms with E-state index in [2.05, 4.69) is 0 Å². The van der Waals surface area contributed by atoms with Gasteiger partial charge in [0.1, 0.15) is 12.2 Å². The summed E-state index contributed by atoms with van der Waals surface area (Å²) in [6.07, 6.45) is 6.86. The molecule has 0 aliphatic heterocycles. The van der Waals surface area contributed by atoms with Crippen molar-refractivity contribution in [3.8, 4) is 0 Å². The van der Waals surface area contributed by atoms with Crippen LogP contribution in [0.4, 0.5) is 0 Å². The zero-order valence-corrected chi connectivity index (χ0v) is 14.1. The van der Waals surface area contributed by atoms with Gasteiger partial charge in [-0.2, -0.15) is 0 Å². The molecule has 3 heteroatoms. The molecule has 0 heterocycles. The number of rotatable bonds is 7. The third-order valence-electron chi connectivity index (χ3n) is 3.69. The van der Waals surface area contributed by atoms with Crippen LogP contribution in [-0.4, -0.2) is 11.8 Å². The summed E-state index contributed by atoms with van der Waals surface area (Å²) in [6.45, 7) is 3.85. The van der Waals surface area contributed by atoms with E-state index in [9.17, 15) is 9.59 Å². The minimum absolute atomic E-state index is 0.227. The number of Topliss-reactive ketones (excluding diaryl/α,β-unsaturated/α-hetero) is 1. The summed E-state index contributed by atoms with van der Waals surface area (Å²) in [5.41, 5.74) is 0.529. The van der Waals surface area contributed by atoms with E-state index in [4.69, 9.17) is 4.74 Å². The van der Waals surface area contributed by atoms with Gasteiger partial charge in [-0.15, -0.1) is 0 Å². The average molecular weight is 322 g/mol. The molecule has 0 atom stereocenters. The molecule has 0 bridgehead atoms. The van der Waals surface area contributed by atoms with E-state index in [1.807, 2.05) is 68.5 Å². The van der Waals surface area contributed by atoms with Gasteiger partial charge < -0.3 is 4.74 Å². The van der Waals surface area contributed by atoms with Gasteiger partial charge in [0.05, 0.1) is 0 Å². The maximum atomic E-state index is 12.3. The van der Waals surface area contributed by atoms with Crippen LogP contribution < -0.4 is 0 Å². The first-order chi connectivity index (χ1) is 11.6. The van der Waals surface area contributed by atoms with Gasteiger partial charge in [0, 0.05) is 12.0 Å². The van der Waals surface area contributed by atoms with Crippen molar-refractivity contribution in [2.45, 2.75) is 33.1 Å². The number of carbonyl (C=O) groups excluding carboxylic acids is 2. The molecule has 0 saturated carbocycles. The monoisotopic (exact) mass is 322 g/mol. The second kappa shape index (κ2) is 8.82. The topological polar surface area (TPSA) is 43.4 Å².